The van der Waals surface area contributed by atoms with Crippen molar-refractivity contribution >= 4 is 6.29 Å². The Balaban J connectivity index is 2.24. The highest BCUT2D eigenvalue weighted by atomic mass is 16.1. The van der Waals surface area contributed by atoms with Gasteiger partial charge in [0.25, 0.3) is 0 Å². The van der Waals surface area contributed by atoms with E-state index >= 15 is 0 Å². The van der Waals surface area contributed by atoms with Crippen LogP contribution in [0.15, 0.2) is 0 Å². The first-order chi connectivity index (χ1) is 5.43. The lowest BCUT2D eigenvalue weighted by molar-refractivity contribution is -0.107. The lowest BCUT2D eigenvalue weighted by Crippen LogP contribution is -2.02. The smallest absolute Gasteiger partial charge is 0.131 e. The summed E-state index contributed by atoms with van der Waals surface area (Å²) in [5.74, 6) is 6.61. The third-order valence-electron chi connectivity index (χ3n) is 2.10. The molecule has 1 nitrogen and oxygen atoms in total. The highest BCUT2D eigenvalue weighted by Crippen LogP contribution is 2.22. The molecule has 0 aromatic carbocycles. The van der Waals surface area contributed by atoms with Crippen molar-refractivity contribution in [3.8, 4) is 11.8 Å². The summed E-state index contributed by atoms with van der Waals surface area (Å²) in [4.78, 5) is 9.94. The topological polar surface area (TPSA) is 17.1 Å². The third kappa shape index (κ3) is 3.23. The summed E-state index contributed by atoms with van der Waals surface area (Å²) < 4.78 is 0. The van der Waals surface area contributed by atoms with Crippen LogP contribution in [0, 0.1) is 17.8 Å². The molecule has 0 radical (unpaired) electrons. The average Bonchev–Trinajstić information content (AvgIpc) is 2.07. The summed E-state index contributed by atoms with van der Waals surface area (Å²) in [6.45, 7) is 0. The summed E-state index contributed by atoms with van der Waals surface area (Å²) in [5.41, 5.74) is 0. The van der Waals surface area contributed by atoms with Gasteiger partial charge in [-0.2, -0.15) is 0 Å². The van der Waals surface area contributed by atoms with Crippen LogP contribution in [-0.4, -0.2) is 6.29 Å². The second-order valence-electron chi connectivity index (χ2n) is 3.03. The van der Waals surface area contributed by atoms with Gasteiger partial charge in [-0.3, -0.25) is 0 Å². The van der Waals surface area contributed by atoms with E-state index < -0.39 is 0 Å². The molecule has 1 rings (SSSR count). The Hall–Kier alpha value is -0.770. The predicted octanol–water partition coefficient (Wildman–Crippen LogP) is 2.16. The first-order valence-electron chi connectivity index (χ1n) is 4.35. The summed E-state index contributed by atoms with van der Waals surface area (Å²) >= 11 is 0. The number of hydrogen-bond acceptors (Lipinski definition) is 1. The summed E-state index contributed by atoms with van der Waals surface area (Å²) in [6.07, 6.45) is 7.77. The minimum absolute atomic E-state index is 0.413. The molecule has 0 atom stereocenters. The van der Waals surface area contributed by atoms with Gasteiger partial charge in [-0.25, -0.2) is 0 Å². The average molecular weight is 150 g/mol. The van der Waals surface area contributed by atoms with E-state index in [9.17, 15) is 4.79 Å². The van der Waals surface area contributed by atoms with Gasteiger partial charge in [-0.05, 0) is 12.8 Å². The van der Waals surface area contributed by atoms with E-state index in [2.05, 4.69) is 11.8 Å². The van der Waals surface area contributed by atoms with Crippen molar-refractivity contribution in [1.82, 2.24) is 0 Å². The fourth-order valence-electron chi connectivity index (χ4n) is 1.49. The minimum atomic E-state index is 0.413. The fraction of sp³-hybridized carbons (Fsp3) is 0.700. The van der Waals surface area contributed by atoms with Gasteiger partial charge >= 0.3 is 0 Å². The monoisotopic (exact) mass is 150 g/mol. The Morgan fingerprint density at radius 3 is 2.64 bits per heavy atom. The maximum atomic E-state index is 9.94. The van der Waals surface area contributed by atoms with Gasteiger partial charge in [-0.1, -0.05) is 31.1 Å². The first kappa shape index (κ1) is 8.33. The molecule has 0 amide bonds. The van der Waals surface area contributed by atoms with Crippen molar-refractivity contribution in [3.05, 3.63) is 0 Å². The van der Waals surface area contributed by atoms with Crippen LogP contribution in [0.3, 0.4) is 0 Å². The Bertz CT molecular complexity index is 167. The Morgan fingerprint density at radius 1 is 1.27 bits per heavy atom. The zero-order chi connectivity index (χ0) is 7.94. The standard InChI is InChI=1S/C10H14O/c11-9-5-4-8-10-6-2-1-3-7-10/h9-10H,1-3,5-7H2. The number of aldehydes is 1. The van der Waals surface area contributed by atoms with Gasteiger partial charge in [-0.15, -0.1) is 0 Å². The molecular formula is C10H14O. The van der Waals surface area contributed by atoms with Gasteiger partial charge < -0.3 is 4.79 Å². The van der Waals surface area contributed by atoms with Crippen molar-refractivity contribution < 1.29 is 4.79 Å². The Kier molecular flexibility index (Phi) is 3.75. The van der Waals surface area contributed by atoms with Crippen LogP contribution in [0.25, 0.3) is 0 Å². The van der Waals surface area contributed by atoms with Crippen LogP contribution in [0.5, 0.6) is 0 Å². The summed E-state index contributed by atoms with van der Waals surface area (Å²) in [5, 5.41) is 0. The van der Waals surface area contributed by atoms with Crippen LogP contribution >= 0.6 is 0 Å². The van der Waals surface area contributed by atoms with E-state index in [1.54, 1.807) is 0 Å². The van der Waals surface area contributed by atoms with Crippen molar-refractivity contribution in [2.75, 3.05) is 0 Å². The van der Waals surface area contributed by atoms with Crippen LogP contribution in [0.2, 0.25) is 0 Å². The lowest BCUT2D eigenvalue weighted by atomic mass is 9.90. The molecular weight excluding hydrogens is 136 g/mol. The third-order valence-corrected chi connectivity index (χ3v) is 2.10. The van der Waals surface area contributed by atoms with E-state index in [-0.39, 0.29) is 0 Å². The van der Waals surface area contributed by atoms with Crippen LogP contribution < -0.4 is 0 Å². The highest BCUT2D eigenvalue weighted by molar-refractivity contribution is 5.53. The van der Waals surface area contributed by atoms with E-state index in [1.165, 1.54) is 32.1 Å². The molecule has 1 aliphatic rings. The molecule has 0 N–H and O–H groups in total. The van der Waals surface area contributed by atoms with Gasteiger partial charge in [0.15, 0.2) is 0 Å². The molecule has 0 aromatic heterocycles. The molecule has 0 saturated heterocycles. The van der Waals surface area contributed by atoms with Crippen molar-refractivity contribution in [2.24, 2.45) is 5.92 Å². The van der Waals surface area contributed by atoms with E-state index in [0.29, 0.717) is 12.3 Å². The number of rotatable bonds is 1. The molecule has 1 fully saturated rings. The number of carbonyl (C=O) groups is 1. The lowest BCUT2D eigenvalue weighted by Gasteiger charge is -2.15. The molecule has 11 heavy (non-hydrogen) atoms. The van der Waals surface area contributed by atoms with Crippen LogP contribution in [0.1, 0.15) is 38.5 Å². The van der Waals surface area contributed by atoms with Crippen LogP contribution in [-0.2, 0) is 4.79 Å². The van der Waals surface area contributed by atoms with Gasteiger partial charge in [0.1, 0.15) is 6.29 Å². The second-order valence-corrected chi connectivity index (χ2v) is 3.03. The maximum Gasteiger partial charge on any atom is 0.131 e. The summed E-state index contributed by atoms with van der Waals surface area (Å²) in [6, 6.07) is 0. The molecule has 60 valence electrons. The van der Waals surface area contributed by atoms with E-state index in [4.69, 9.17) is 0 Å². The molecule has 1 heteroatoms. The Morgan fingerprint density at radius 2 is 2.00 bits per heavy atom. The van der Waals surface area contributed by atoms with Crippen molar-refractivity contribution in [3.63, 3.8) is 0 Å². The zero-order valence-electron chi connectivity index (χ0n) is 6.81. The number of hydrogen-bond donors (Lipinski definition) is 0. The van der Waals surface area contributed by atoms with Crippen molar-refractivity contribution in [2.45, 2.75) is 38.5 Å². The van der Waals surface area contributed by atoms with Crippen LogP contribution in [0.4, 0.5) is 0 Å². The minimum Gasteiger partial charge on any atom is -0.302 e. The molecule has 0 aromatic rings. The quantitative estimate of drug-likeness (QED) is 0.413. The molecule has 1 aliphatic carbocycles. The van der Waals surface area contributed by atoms with E-state index in [1.807, 2.05) is 0 Å². The Labute approximate surface area is 68.2 Å². The molecule has 0 aliphatic heterocycles. The SMILES string of the molecule is O=CCC#CC1CCCCC1. The van der Waals surface area contributed by atoms with E-state index in [0.717, 1.165) is 6.29 Å². The maximum absolute atomic E-state index is 9.94. The molecule has 0 heterocycles. The first-order valence-corrected chi connectivity index (χ1v) is 4.35. The van der Waals surface area contributed by atoms with Gasteiger partial charge in [0.2, 0.25) is 0 Å². The molecule has 1 saturated carbocycles. The predicted molar refractivity (Wildman–Crippen MR) is 45.0 cm³/mol. The summed E-state index contributed by atoms with van der Waals surface area (Å²) in [7, 11) is 0. The largest absolute Gasteiger partial charge is 0.302 e. The highest BCUT2D eigenvalue weighted by Gasteiger charge is 2.09. The van der Waals surface area contributed by atoms with Gasteiger partial charge in [0.05, 0.1) is 6.42 Å². The van der Waals surface area contributed by atoms with Crippen molar-refractivity contribution in [1.29, 1.82) is 0 Å². The molecule has 0 unspecified atom stereocenters. The molecule has 0 spiro atoms. The zero-order valence-corrected chi connectivity index (χ0v) is 6.81. The fourth-order valence-corrected chi connectivity index (χ4v) is 1.49. The number of carbonyl (C=O) groups excluding carboxylic acids is 1. The second kappa shape index (κ2) is 4.96. The van der Waals surface area contributed by atoms with Gasteiger partial charge in [0, 0.05) is 5.92 Å². The molecule has 0 bridgehead atoms. The normalized spacial score (nSPS) is 18.5.